The molecule has 0 saturated carbocycles. The van der Waals surface area contributed by atoms with E-state index in [0.29, 0.717) is 0 Å². The van der Waals surface area contributed by atoms with Crippen LogP contribution in [0.1, 0.15) is 6.42 Å². The van der Waals surface area contributed by atoms with Crippen LogP contribution in [0.2, 0.25) is 0 Å². The highest BCUT2D eigenvalue weighted by Gasteiger charge is 2.21. The normalized spacial score (nSPS) is 20.8. The molecule has 0 saturated heterocycles. The molecule has 1 unspecified atom stereocenters. The van der Waals surface area contributed by atoms with Gasteiger partial charge in [-0.15, -0.1) is 0 Å². The number of nitrogens with two attached hydrogens (primary N) is 1. The number of ether oxygens (including phenoxy) is 1. The van der Waals surface area contributed by atoms with Gasteiger partial charge in [0.2, 0.25) is 0 Å². The van der Waals surface area contributed by atoms with Gasteiger partial charge in [0, 0.05) is 10.8 Å². The average molecular weight is 237 g/mol. The maximum Gasteiger partial charge on any atom is 0.142 e. The molecule has 2 nitrogen and oxygen atoms in total. The number of hydrogen-bond donors (Lipinski definition) is 1. The van der Waals surface area contributed by atoms with Crippen molar-refractivity contribution in [3.8, 4) is 0 Å². The Bertz CT molecular complexity index is 665. The highest BCUT2D eigenvalue weighted by molar-refractivity contribution is 5.73. The van der Waals surface area contributed by atoms with Gasteiger partial charge in [0.25, 0.3) is 0 Å². The van der Waals surface area contributed by atoms with Gasteiger partial charge in [-0.2, -0.15) is 0 Å². The van der Waals surface area contributed by atoms with Crippen molar-refractivity contribution < 1.29 is 4.74 Å². The smallest absolute Gasteiger partial charge is 0.142 e. The molecule has 2 aliphatic rings. The van der Waals surface area contributed by atoms with Gasteiger partial charge in [-0.05, 0) is 29.5 Å². The van der Waals surface area contributed by atoms with Crippen molar-refractivity contribution in [3.63, 3.8) is 0 Å². The van der Waals surface area contributed by atoms with E-state index in [2.05, 4.69) is 36.4 Å². The van der Waals surface area contributed by atoms with E-state index >= 15 is 0 Å². The maximum atomic E-state index is 5.77. The molecule has 0 radical (unpaired) electrons. The lowest BCUT2D eigenvalue weighted by molar-refractivity contribution is 0.274. The second-order valence-corrected chi connectivity index (χ2v) is 4.38. The molecule has 0 bridgehead atoms. The lowest BCUT2D eigenvalue weighted by Gasteiger charge is -2.25. The van der Waals surface area contributed by atoms with Crippen molar-refractivity contribution in [1.82, 2.24) is 0 Å². The molecule has 1 atom stereocenters. The first-order chi connectivity index (χ1) is 8.90. The fraction of sp³-hybridized carbons (Fsp3) is 0.125. The molecule has 90 valence electrons. The quantitative estimate of drug-likeness (QED) is 0.842. The van der Waals surface area contributed by atoms with E-state index in [4.69, 9.17) is 10.5 Å². The van der Waals surface area contributed by atoms with Crippen molar-refractivity contribution in [2.24, 2.45) is 5.73 Å². The SMILES string of the molecule is NC=CCC1=CC=CC2OC=c3ccccc3=C12. The molecular weight excluding hydrogens is 222 g/mol. The molecule has 2 N–H and O–H groups in total. The summed E-state index contributed by atoms with van der Waals surface area (Å²) in [6.07, 6.45) is 12.5. The van der Waals surface area contributed by atoms with Gasteiger partial charge in [-0.1, -0.05) is 42.5 Å². The molecule has 0 aromatic heterocycles. The first-order valence-electron chi connectivity index (χ1n) is 6.09. The molecule has 0 fully saturated rings. The highest BCUT2D eigenvalue weighted by atomic mass is 16.5. The Balaban J connectivity index is 2.21. The standard InChI is InChI=1S/C16H15NO/c17-10-4-7-12-6-3-9-15-16(12)14-8-2-1-5-13(14)11-18-15/h1-6,8-11,15H,7,17H2. The zero-order valence-corrected chi connectivity index (χ0v) is 10.0. The van der Waals surface area contributed by atoms with Gasteiger partial charge in [-0.3, -0.25) is 0 Å². The Morgan fingerprint density at radius 3 is 3.06 bits per heavy atom. The third kappa shape index (κ3) is 1.76. The first kappa shape index (κ1) is 10.9. The van der Waals surface area contributed by atoms with Gasteiger partial charge >= 0.3 is 0 Å². The minimum absolute atomic E-state index is 0.0334. The summed E-state index contributed by atoms with van der Waals surface area (Å²) in [5.41, 5.74) is 7.96. The maximum absolute atomic E-state index is 5.77. The fourth-order valence-corrected chi connectivity index (χ4v) is 2.45. The molecule has 0 amide bonds. The molecule has 1 heterocycles. The zero-order valence-electron chi connectivity index (χ0n) is 10.0. The molecule has 1 aromatic carbocycles. The van der Waals surface area contributed by atoms with E-state index in [0.717, 1.165) is 11.6 Å². The van der Waals surface area contributed by atoms with Gasteiger partial charge < -0.3 is 10.5 Å². The Morgan fingerprint density at radius 2 is 2.17 bits per heavy atom. The van der Waals surface area contributed by atoms with E-state index in [1.165, 1.54) is 16.4 Å². The summed E-state index contributed by atoms with van der Waals surface area (Å²) in [5, 5.41) is 2.40. The van der Waals surface area contributed by atoms with Crippen molar-refractivity contribution >= 4 is 11.8 Å². The third-order valence-electron chi connectivity index (χ3n) is 3.28. The highest BCUT2D eigenvalue weighted by Crippen LogP contribution is 2.26. The molecule has 2 heteroatoms. The summed E-state index contributed by atoms with van der Waals surface area (Å²) >= 11 is 0. The number of rotatable bonds is 2. The van der Waals surface area contributed by atoms with Crippen molar-refractivity contribution in [2.75, 3.05) is 0 Å². The molecule has 1 aliphatic heterocycles. The molecule has 1 aliphatic carbocycles. The average Bonchev–Trinajstić information content (AvgIpc) is 2.44. The fourth-order valence-electron chi connectivity index (χ4n) is 2.45. The van der Waals surface area contributed by atoms with E-state index < -0.39 is 0 Å². The predicted molar refractivity (Wildman–Crippen MR) is 73.6 cm³/mol. The second-order valence-electron chi connectivity index (χ2n) is 4.38. The van der Waals surface area contributed by atoms with Crippen LogP contribution in [0.5, 0.6) is 0 Å². The topological polar surface area (TPSA) is 35.2 Å². The number of hydrogen-bond acceptors (Lipinski definition) is 2. The summed E-state index contributed by atoms with van der Waals surface area (Å²) in [6, 6.07) is 8.32. The lowest BCUT2D eigenvalue weighted by Crippen LogP contribution is -2.36. The van der Waals surface area contributed by atoms with Crippen LogP contribution in [0.4, 0.5) is 0 Å². The van der Waals surface area contributed by atoms with Gasteiger partial charge in [0.05, 0.1) is 6.26 Å². The molecular formula is C16H15NO. The summed E-state index contributed by atoms with van der Waals surface area (Å²) < 4.78 is 5.77. The third-order valence-corrected chi connectivity index (χ3v) is 3.28. The molecule has 0 spiro atoms. The summed E-state index contributed by atoms with van der Waals surface area (Å²) in [7, 11) is 0. The van der Waals surface area contributed by atoms with E-state index in [-0.39, 0.29) is 6.10 Å². The Morgan fingerprint density at radius 1 is 1.28 bits per heavy atom. The predicted octanol–water partition coefficient (Wildman–Crippen LogP) is 1.33. The zero-order chi connectivity index (χ0) is 12.4. The van der Waals surface area contributed by atoms with Crippen molar-refractivity contribution in [1.29, 1.82) is 0 Å². The Hall–Kier alpha value is -2.22. The largest absolute Gasteiger partial charge is 0.489 e. The van der Waals surface area contributed by atoms with Gasteiger partial charge in [-0.25, -0.2) is 0 Å². The number of allylic oxidation sites excluding steroid dienone is 3. The van der Waals surface area contributed by atoms with Crippen molar-refractivity contribution in [2.45, 2.75) is 12.5 Å². The van der Waals surface area contributed by atoms with Crippen LogP contribution in [0.25, 0.3) is 11.8 Å². The minimum Gasteiger partial charge on any atom is -0.489 e. The van der Waals surface area contributed by atoms with Crippen LogP contribution in [0.15, 0.2) is 60.3 Å². The summed E-state index contributed by atoms with van der Waals surface area (Å²) in [6.45, 7) is 0. The monoisotopic (exact) mass is 237 g/mol. The van der Waals surface area contributed by atoms with Gasteiger partial charge in [0.1, 0.15) is 6.10 Å². The number of benzene rings is 1. The lowest BCUT2D eigenvalue weighted by atomic mass is 9.90. The van der Waals surface area contributed by atoms with Crippen LogP contribution in [-0.4, -0.2) is 6.10 Å². The van der Waals surface area contributed by atoms with Crippen LogP contribution < -0.4 is 16.2 Å². The number of fused-ring (bicyclic) bond motifs is 2. The first-order valence-corrected chi connectivity index (χ1v) is 6.09. The Labute approximate surface area is 106 Å². The van der Waals surface area contributed by atoms with Crippen LogP contribution in [0.3, 0.4) is 0 Å². The van der Waals surface area contributed by atoms with Crippen LogP contribution in [0, 0.1) is 0 Å². The van der Waals surface area contributed by atoms with E-state index in [1.807, 2.05) is 18.4 Å². The van der Waals surface area contributed by atoms with Gasteiger partial charge in [0.15, 0.2) is 0 Å². The van der Waals surface area contributed by atoms with E-state index in [1.54, 1.807) is 6.20 Å². The molecule has 1 aromatic rings. The van der Waals surface area contributed by atoms with E-state index in [9.17, 15) is 0 Å². The Kier molecular flexibility index (Phi) is 2.77. The molecule has 3 rings (SSSR count). The summed E-state index contributed by atoms with van der Waals surface area (Å²) in [5.74, 6) is 0. The van der Waals surface area contributed by atoms with Crippen LogP contribution >= 0.6 is 0 Å². The minimum atomic E-state index is 0.0334. The molecule has 18 heavy (non-hydrogen) atoms. The van der Waals surface area contributed by atoms with Crippen LogP contribution in [-0.2, 0) is 4.74 Å². The second kappa shape index (κ2) is 4.57. The summed E-state index contributed by atoms with van der Waals surface area (Å²) in [4.78, 5) is 0. The van der Waals surface area contributed by atoms with Crippen molar-refractivity contribution in [3.05, 3.63) is 70.8 Å².